The van der Waals surface area contributed by atoms with Crippen LogP contribution < -0.4 is 20.8 Å². The number of carbonyl (C=O) groups is 1. The fraction of sp³-hybridized carbons (Fsp3) is 0.478. The van der Waals surface area contributed by atoms with E-state index in [9.17, 15) is 19.1 Å². The van der Waals surface area contributed by atoms with E-state index in [1.807, 2.05) is 13.8 Å². The predicted octanol–water partition coefficient (Wildman–Crippen LogP) is 3.99. The highest BCUT2D eigenvalue weighted by Crippen LogP contribution is 2.44. The van der Waals surface area contributed by atoms with Gasteiger partial charge in [0.05, 0.1) is 18.0 Å². The van der Waals surface area contributed by atoms with Crippen molar-refractivity contribution in [2.45, 2.75) is 45.6 Å². The second-order valence-corrected chi connectivity index (χ2v) is 7.69. The Labute approximate surface area is 185 Å². The van der Waals surface area contributed by atoms with Crippen LogP contribution in [0.1, 0.15) is 55.9 Å². The lowest BCUT2D eigenvalue weighted by atomic mass is 10.0. The molecule has 2 aliphatic rings. The summed E-state index contributed by atoms with van der Waals surface area (Å²) in [5, 5.41) is 9.37. The largest absolute Gasteiger partial charge is 0.492 e. The molecule has 0 radical (unpaired) electrons. The molecule has 1 aromatic carbocycles. The second kappa shape index (κ2) is 9.68. The number of hydrogen-bond acceptors (Lipinski definition) is 5. The highest BCUT2D eigenvalue weighted by Gasteiger charge is 2.32. The van der Waals surface area contributed by atoms with Crippen LogP contribution in [-0.4, -0.2) is 42.4 Å². The first-order valence-corrected chi connectivity index (χ1v) is 10.9. The molecule has 4 rings (SSSR count). The number of halogens is 2. The minimum absolute atomic E-state index is 0.0184. The van der Waals surface area contributed by atoms with Crippen LogP contribution >= 0.6 is 0 Å². The topological polar surface area (TPSA) is 97.8 Å². The van der Waals surface area contributed by atoms with E-state index in [0.717, 1.165) is 18.9 Å². The molecule has 2 aromatic rings. The Hall–Kier alpha value is -2.94. The Morgan fingerprint density at radius 1 is 1.34 bits per heavy atom. The van der Waals surface area contributed by atoms with Gasteiger partial charge in [-0.2, -0.15) is 0 Å². The van der Waals surface area contributed by atoms with Crippen molar-refractivity contribution in [2.75, 3.05) is 31.6 Å². The van der Waals surface area contributed by atoms with Gasteiger partial charge in [-0.15, -0.1) is 0 Å². The summed E-state index contributed by atoms with van der Waals surface area (Å²) in [5.74, 6) is -2.32. The van der Waals surface area contributed by atoms with Crippen LogP contribution in [0.25, 0.3) is 10.9 Å². The van der Waals surface area contributed by atoms with Gasteiger partial charge in [0.1, 0.15) is 17.1 Å². The molecule has 0 bridgehead atoms. The monoisotopic (exact) mass is 449 g/mol. The number of hydrogen-bond donors (Lipinski definition) is 2. The molecule has 1 aromatic heterocycles. The van der Waals surface area contributed by atoms with Crippen molar-refractivity contribution >= 4 is 22.6 Å². The molecule has 1 aliphatic heterocycles. The lowest BCUT2D eigenvalue weighted by Gasteiger charge is -2.33. The van der Waals surface area contributed by atoms with Crippen molar-refractivity contribution in [3.63, 3.8) is 0 Å². The maximum absolute atomic E-state index is 15.3. The standard InChI is InChI=1S/C21H23F2N3O4.C2H6/c1-30-20-17-13(19(27)14(21(28)29)10-26(17)12-4-5-12)7-15(22)18(20)25-6-2-3-11(9-25)16(23)8-24;1-2/h7,10,12H,2-6,8-9,24H2,1H3,(H,28,29);1-2H3/b16-11+;. The summed E-state index contributed by atoms with van der Waals surface area (Å²) < 4.78 is 36.6. The summed E-state index contributed by atoms with van der Waals surface area (Å²) >= 11 is 0. The van der Waals surface area contributed by atoms with Crippen LogP contribution in [0, 0.1) is 5.82 Å². The zero-order valence-electron chi connectivity index (χ0n) is 18.6. The first-order valence-electron chi connectivity index (χ1n) is 10.9. The number of methoxy groups -OCH3 is 1. The van der Waals surface area contributed by atoms with Crippen LogP contribution in [-0.2, 0) is 0 Å². The number of ether oxygens (including phenoxy) is 1. The van der Waals surface area contributed by atoms with Crippen molar-refractivity contribution in [1.82, 2.24) is 4.57 Å². The molecular weight excluding hydrogens is 420 g/mol. The number of carboxylic acids is 1. The van der Waals surface area contributed by atoms with Gasteiger partial charge in [-0.05, 0) is 37.3 Å². The Balaban J connectivity index is 0.00000141. The molecule has 9 heteroatoms. The van der Waals surface area contributed by atoms with E-state index >= 15 is 4.39 Å². The molecule has 0 spiro atoms. The molecule has 3 N–H and O–H groups in total. The normalized spacial score (nSPS) is 17.6. The van der Waals surface area contributed by atoms with Crippen molar-refractivity contribution in [2.24, 2.45) is 5.73 Å². The highest BCUT2D eigenvalue weighted by molar-refractivity contribution is 5.97. The van der Waals surface area contributed by atoms with Gasteiger partial charge in [0.25, 0.3) is 0 Å². The summed E-state index contributed by atoms with van der Waals surface area (Å²) in [6.45, 7) is 4.45. The number of fused-ring (bicyclic) bond motifs is 1. The second-order valence-electron chi connectivity index (χ2n) is 7.69. The minimum Gasteiger partial charge on any atom is -0.492 e. The quantitative estimate of drug-likeness (QED) is 0.716. The third-order valence-corrected chi connectivity index (χ3v) is 5.74. The van der Waals surface area contributed by atoms with E-state index in [0.29, 0.717) is 30.5 Å². The van der Waals surface area contributed by atoms with Gasteiger partial charge in [0.15, 0.2) is 11.6 Å². The molecule has 2 heterocycles. The Morgan fingerprint density at radius 3 is 2.59 bits per heavy atom. The smallest absolute Gasteiger partial charge is 0.341 e. The summed E-state index contributed by atoms with van der Waals surface area (Å²) in [6.07, 6.45) is 4.13. The molecule has 0 amide bonds. The van der Waals surface area contributed by atoms with E-state index in [-0.39, 0.29) is 36.0 Å². The van der Waals surface area contributed by atoms with Gasteiger partial charge >= 0.3 is 5.97 Å². The molecule has 174 valence electrons. The molecule has 1 aliphatic carbocycles. The Kier molecular flexibility index (Phi) is 7.18. The van der Waals surface area contributed by atoms with E-state index in [4.69, 9.17) is 10.5 Å². The van der Waals surface area contributed by atoms with Crippen LogP contribution in [0.5, 0.6) is 5.75 Å². The molecule has 0 unspecified atom stereocenters. The van der Waals surface area contributed by atoms with E-state index in [2.05, 4.69) is 0 Å². The average molecular weight is 449 g/mol. The van der Waals surface area contributed by atoms with Gasteiger partial charge in [-0.3, -0.25) is 4.79 Å². The van der Waals surface area contributed by atoms with Crippen molar-refractivity contribution in [3.8, 4) is 5.75 Å². The number of nitrogens with zero attached hydrogens (tertiary/aromatic N) is 2. The molecule has 2 fully saturated rings. The zero-order chi connectivity index (χ0) is 23.6. The third kappa shape index (κ3) is 4.21. The summed E-state index contributed by atoms with van der Waals surface area (Å²) in [4.78, 5) is 26.0. The SMILES string of the molecule is CC.COc1c(N2CCC/C(=C(\F)CN)C2)c(F)cc2c(=O)c(C(=O)O)cn(C3CC3)c12. The third-order valence-electron chi connectivity index (χ3n) is 5.74. The summed E-state index contributed by atoms with van der Waals surface area (Å²) in [6, 6.07) is 1.09. The molecule has 7 nitrogen and oxygen atoms in total. The molecular formula is C23H29F2N3O4. The van der Waals surface area contributed by atoms with E-state index < -0.39 is 28.6 Å². The predicted molar refractivity (Wildman–Crippen MR) is 120 cm³/mol. The van der Waals surface area contributed by atoms with Crippen LogP contribution in [0.15, 0.2) is 28.5 Å². The maximum Gasteiger partial charge on any atom is 0.341 e. The molecule has 1 saturated heterocycles. The number of nitrogens with two attached hydrogens (primary N) is 1. The number of anilines is 1. The van der Waals surface area contributed by atoms with Crippen LogP contribution in [0.3, 0.4) is 0 Å². The van der Waals surface area contributed by atoms with Gasteiger partial charge in [0, 0.05) is 31.9 Å². The molecule has 0 atom stereocenters. The van der Waals surface area contributed by atoms with Crippen molar-refractivity contribution in [3.05, 3.63) is 45.3 Å². The Morgan fingerprint density at radius 2 is 2.03 bits per heavy atom. The van der Waals surface area contributed by atoms with E-state index in [1.54, 1.807) is 9.47 Å². The molecule has 32 heavy (non-hydrogen) atoms. The fourth-order valence-corrected chi connectivity index (χ4v) is 4.15. The molecule has 1 saturated carbocycles. The minimum atomic E-state index is -1.36. The first kappa shape index (κ1) is 23.7. The first-order chi connectivity index (χ1) is 15.4. The van der Waals surface area contributed by atoms with Gasteiger partial charge in [-0.25, -0.2) is 13.6 Å². The number of piperidine rings is 1. The summed E-state index contributed by atoms with van der Waals surface area (Å²) in [7, 11) is 1.38. The van der Waals surface area contributed by atoms with Gasteiger partial charge in [0.2, 0.25) is 5.43 Å². The van der Waals surface area contributed by atoms with Gasteiger partial charge in [-0.1, -0.05) is 13.8 Å². The highest BCUT2D eigenvalue weighted by atomic mass is 19.1. The van der Waals surface area contributed by atoms with Crippen molar-refractivity contribution < 1.29 is 23.4 Å². The number of aromatic carboxylic acids is 1. The van der Waals surface area contributed by atoms with E-state index in [1.165, 1.54) is 13.3 Å². The van der Waals surface area contributed by atoms with Crippen molar-refractivity contribution in [1.29, 1.82) is 0 Å². The Bertz CT molecular complexity index is 1120. The number of carboxylic acid groups (broad SMARTS) is 1. The lowest BCUT2D eigenvalue weighted by molar-refractivity contribution is 0.0694. The lowest BCUT2D eigenvalue weighted by Crippen LogP contribution is -2.33. The maximum atomic E-state index is 15.3. The summed E-state index contributed by atoms with van der Waals surface area (Å²) in [5.41, 5.74) is 5.29. The average Bonchev–Trinajstić information content (AvgIpc) is 3.64. The number of pyridine rings is 1. The zero-order valence-corrected chi connectivity index (χ0v) is 18.6. The number of rotatable bonds is 5. The van der Waals surface area contributed by atoms with Crippen LogP contribution in [0.2, 0.25) is 0 Å². The van der Waals surface area contributed by atoms with Gasteiger partial charge < -0.3 is 25.0 Å². The number of benzene rings is 1. The fourth-order valence-electron chi connectivity index (χ4n) is 4.15. The number of aromatic nitrogens is 1. The van der Waals surface area contributed by atoms with Crippen LogP contribution in [0.4, 0.5) is 14.5 Å².